The SMILES string of the molecule is CCCCOc1ccc(CC2=N[C@@](C)(CO)CO2)cc1. The first-order valence-corrected chi connectivity index (χ1v) is 7.19. The molecule has 1 atom stereocenters. The van der Waals surface area contributed by atoms with Crippen LogP contribution in [0, 0.1) is 0 Å². The number of nitrogens with zero attached hydrogens (tertiary/aromatic N) is 1. The fraction of sp³-hybridized carbons (Fsp3) is 0.562. The molecule has 1 N–H and O–H groups in total. The largest absolute Gasteiger partial charge is 0.494 e. The van der Waals surface area contributed by atoms with Crippen molar-refractivity contribution in [3.05, 3.63) is 29.8 Å². The molecule has 0 saturated carbocycles. The van der Waals surface area contributed by atoms with Gasteiger partial charge in [-0.05, 0) is 31.0 Å². The van der Waals surface area contributed by atoms with Crippen LogP contribution < -0.4 is 4.74 Å². The minimum absolute atomic E-state index is 0.0146. The van der Waals surface area contributed by atoms with Gasteiger partial charge >= 0.3 is 0 Å². The van der Waals surface area contributed by atoms with E-state index in [1.54, 1.807) is 0 Å². The topological polar surface area (TPSA) is 51.0 Å². The van der Waals surface area contributed by atoms with Gasteiger partial charge in [-0.3, -0.25) is 0 Å². The summed E-state index contributed by atoms with van der Waals surface area (Å²) in [5.41, 5.74) is 0.659. The Balaban J connectivity index is 1.90. The molecule has 0 unspecified atom stereocenters. The van der Waals surface area contributed by atoms with Gasteiger partial charge in [0.05, 0.1) is 13.2 Å². The Labute approximate surface area is 120 Å². The molecule has 0 aliphatic carbocycles. The number of unbranched alkanes of at least 4 members (excludes halogenated alkanes) is 1. The Hall–Kier alpha value is -1.55. The van der Waals surface area contributed by atoms with Gasteiger partial charge in [0.2, 0.25) is 0 Å². The fourth-order valence-electron chi connectivity index (χ4n) is 1.99. The molecule has 4 heteroatoms. The van der Waals surface area contributed by atoms with Gasteiger partial charge in [-0.15, -0.1) is 0 Å². The molecule has 110 valence electrons. The molecule has 0 spiro atoms. The first kappa shape index (κ1) is 14.9. The summed E-state index contributed by atoms with van der Waals surface area (Å²) < 4.78 is 11.2. The van der Waals surface area contributed by atoms with Crippen molar-refractivity contribution in [2.75, 3.05) is 19.8 Å². The maximum atomic E-state index is 9.24. The van der Waals surface area contributed by atoms with Gasteiger partial charge in [0.25, 0.3) is 0 Å². The smallest absolute Gasteiger partial charge is 0.188 e. The monoisotopic (exact) mass is 277 g/mol. The van der Waals surface area contributed by atoms with Gasteiger partial charge in [-0.25, -0.2) is 4.99 Å². The summed E-state index contributed by atoms with van der Waals surface area (Å²) >= 11 is 0. The highest BCUT2D eigenvalue weighted by molar-refractivity contribution is 5.80. The predicted molar refractivity (Wildman–Crippen MR) is 79.4 cm³/mol. The molecule has 0 saturated heterocycles. The van der Waals surface area contributed by atoms with E-state index in [9.17, 15) is 5.11 Å². The normalized spacial score (nSPS) is 21.4. The van der Waals surface area contributed by atoms with Crippen LogP contribution >= 0.6 is 0 Å². The highest BCUT2D eigenvalue weighted by Gasteiger charge is 2.30. The number of aliphatic hydroxyl groups is 1. The molecule has 0 fully saturated rings. The lowest BCUT2D eigenvalue weighted by Crippen LogP contribution is -2.28. The van der Waals surface area contributed by atoms with Crippen molar-refractivity contribution in [1.82, 2.24) is 0 Å². The van der Waals surface area contributed by atoms with Crippen LogP contribution in [0.5, 0.6) is 5.75 Å². The average Bonchev–Trinajstić information content (AvgIpc) is 2.83. The van der Waals surface area contributed by atoms with Crippen LogP contribution in [-0.4, -0.2) is 36.4 Å². The van der Waals surface area contributed by atoms with E-state index in [1.807, 2.05) is 31.2 Å². The van der Waals surface area contributed by atoms with Gasteiger partial charge < -0.3 is 14.6 Å². The summed E-state index contributed by atoms with van der Waals surface area (Å²) in [4.78, 5) is 4.43. The zero-order chi connectivity index (χ0) is 14.4. The van der Waals surface area contributed by atoms with Gasteiger partial charge in [-0.1, -0.05) is 25.5 Å². The lowest BCUT2D eigenvalue weighted by molar-refractivity contribution is 0.169. The zero-order valence-electron chi connectivity index (χ0n) is 12.3. The molecule has 20 heavy (non-hydrogen) atoms. The molecule has 1 aromatic carbocycles. The molecule has 1 aliphatic heterocycles. The second-order valence-electron chi connectivity index (χ2n) is 5.47. The van der Waals surface area contributed by atoms with Crippen LogP contribution in [0.25, 0.3) is 0 Å². The summed E-state index contributed by atoms with van der Waals surface area (Å²) in [6, 6.07) is 8.01. The maximum Gasteiger partial charge on any atom is 0.188 e. The summed E-state index contributed by atoms with van der Waals surface area (Å²) in [6.45, 7) is 5.28. The molecule has 0 aromatic heterocycles. The van der Waals surface area contributed by atoms with E-state index >= 15 is 0 Å². The number of hydrogen-bond acceptors (Lipinski definition) is 4. The van der Waals surface area contributed by atoms with Gasteiger partial charge in [0, 0.05) is 6.42 Å². The quantitative estimate of drug-likeness (QED) is 0.779. The number of hydrogen-bond donors (Lipinski definition) is 1. The van der Waals surface area contributed by atoms with E-state index in [1.165, 1.54) is 0 Å². The van der Waals surface area contributed by atoms with Crippen LogP contribution in [0.2, 0.25) is 0 Å². The van der Waals surface area contributed by atoms with E-state index in [4.69, 9.17) is 9.47 Å². The molecular formula is C16H23NO3. The van der Waals surface area contributed by atoms with Crippen molar-refractivity contribution in [3.63, 3.8) is 0 Å². The fourth-order valence-corrected chi connectivity index (χ4v) is 1.99. The first-order chi connectivity index (χ1) is 9.65. The van der Waals surface area contributed by atoms with Crippen molar-refractivity contribution >= 4 is 5.90 Å². The van der Waals surface area contributed by atoms with E-state index in [2.05, 4.69) is 11.9 Å². The standard InChI is InChI=1S/C16H23NO3/c1-3-4-9-19-14-7-5-13(6-8-14)10-15-17-16(2,11-18)12-20-15/h5-8,18H,3-4,9-12H2,1-2H3/t16-/m0/s1. The minimum Gasteiger partial charge on any atom is -0.494 e. The molecule has 4 nitrogen and oxygen atoms in total. The third-order valence-corrected chi connectivity index (χ3v) is 3.33. The Morgan fingerprint density at radius 2 is 2.10 bits per heavy atom. The molecule has 1 aromatic rings. The van der Waals surface area contributed by atoms with E-state index in [0.717, 1.165) is 30.8 Å². The molecule has 0 radical (unpaired) electrons. The molecular weight excluding hydrogens is 254 g/mol. The summed E-state index contributed by atoms with van der Waals surface area (Å²) in [6.07, 6.45) is 2.87. The second kappa shape index (κ2) is 6.75. The number of aliphatic hydroxyl groups excluding tert-OH is 1. The molecule has 2 rings (SSSR count). The van der Waals surface area contributed by atoms with Gasteiger partial charge in [0.1, 0.15) is 17.9 Å². The number of ether oxygens (including phenoxy) is 2. The molecule has 1 aliphatic rings. The van der Waals surface area contributed by atoms with Crippen LogP contribution in [0.15, 0.2) is 29.3 Å². The number of benzene rings is 1. The molecule has 0 amide bonds. The Morgan fingerprint density at radius 1 is 1.35 bits per heavy atom. The maximum absolute atomic E-state index is 9.24. The first-order valence-electron chi connectivity index (χ1n) is 7.19. The van der Waals surface area contributed by atoms with E-state index in [0.29, 0.717) is 18.9 Å². The van der Waals surface area contributed by atoms with Gasteiger partial charge in [-0.2, -0.15) is 0 Å². The van der Waals surface area contributed by atoms with E-state index in [-0.39, 0.29) is 6.61 Å². The van der Waals surface area contributed by atoms with Crippen molar-refractivity contribution < 1.29 is 14.6 Å². The van der Waals surface area contributed by atoms with Crippen LogP contribution in [0.4, 0.5) is 0 Å². The van der Waals surface area contributed by atoms with Crippen LogP contribution in [-0.2, 0) is 11.2 Å². The van der Waals surface area contributed by atoms with Crippen molar-refractivity contribution in [1.29, 1.82) is 0 Å². The zero-order valence-corrected chi connectivity index (χ0v) is 12.3. The summed E-state index contributed by atoms with van der Waals surface area (Å²) in [5.74, 6) is 1.60. The highest BCUT2D eigenvalue weighted by Crippen LogP contribution is 2.20. The summed E-state index contributed by atoms with van der Waals surface area (Å²) in [7, 11) is 0. The van der Waals surface area contributed by atoms with Crippen LogP contribution in [0.1, 0.15) is 32.3 Å². The van der Waals surface area contributed by atoms with Crippen molar-refractivity contribution in [2.24, 2.45) is 4.99 Å². The minimum atomic E-state index is -0.474. The number of aliphatic imine (C=N–C) groups is 1. The van der Waals surface area contributed by atoms with Crippen molar-refractivity contribution in [3.8, 4) is 5.75 Å². The predicted octanol–water partition coefficient (Wildman–Crippen LogP) is 2.59. The lowest BCUT2D eigenvalue weighted by atomic mass is 10.1. The highest BCUT2D eigenvalue weighted by atomic mass is 16.5. The second-order valence-corrected chi connectivity index (χ2v) is 5.47. The molecule has 0 bridgehead atoms. The van der Waals surface area contributed by atoms with Crippen molar-refractivity contribution in [2.45, 2.75) is 38.6 Å². The number of rotatable bonds is 7. The lowest BCUT2D eigenvalue weighted by Gasteiger charge is -2.12. The average molecular weight is 277 g/mol. The third-order valence-electron chi connectivity index (χ3n) is 3.33. The Morgan fingerprint density at radius 3 is 2.70 bits per heavy atom. The van der Waals surface area contributed by atoms with Crippen LogP contribution in [0.3, 0.4) is 0 Å². The third kappa shape index (κ3) is 3.97. The Bertz CT molecular complexity index is 455. The summed E-state index contributed by atoms with van der Waals surface area (Å²) in [5, 5.41) is 9.24. The molecule has 1 heterocycles. The Kier molecular flexibility index (Phi) is 5.01. The van der Waals surface area contributed by atoms with E-state index < -0.39 is 5.54 Å². The van der Waals surface area contributed by atoms with Gasteiger partial charge in [0.15, 0.2) is 5.90 Å².